The van der Waals surface area contributed by atoms with E-state index in [4.69, 9.17) is 4.42 Å². The van der Waals surface area contributed by atoms with Crippen molar-refractivity contribution in [3.8, 4) is 44.5 Å². The van der Waals surface area contributed by atoms with Crippen molar-refractivity contribution >= 4 is 49.8 Å². The van der Waals surface area contributed by atoms with Gasteiger partial charge in [0.25, 0.3) is 0 Å². The van der Waals surface area contributed by atoms with Crippen LogP contribution >= 0.6 is 0 Å². The second kappa shape index (κ2) is 13.0. The molecule has 0 atom stereocenters. The Balaban J connectivity index is 1.22. The zero-order chi connectivity index (χ0) is 38.1. The number of fused-ring (bicyclic) bond motifs is 8. The summed E-state index contributed by atoms with van der Waals surface area (Å²) in [6.07, 6.45) is 0. The fourth-order valence-corrected chi connectivity index (χ4v) is 9.35. The molecule has 1 aliphatic carbocycles. The highest BCUT2D eigenvalue weighted by Gasteiger charge is 2.36. The second-order valence-electron chi connectivity index (χ2n) is 15.7. The Morgan fingerprint density at radius 1 is 0.421 bits per heavy atom. The molecule has 0 saturated heterocycles. The molecule has 0 amide bonds. The van der Waals surface area contributed by atoms with Crippen molar-refractivity contribution < 1.29 is 4.42 Å². The van der Waals surface area contributed by atoms with Gasteiger partial charge in [-0.1, -0.05) is 178 Å². The lowest BCUT2D eigenvalue weighted by Crippen LogP contribution is -2.17. The third-order valence-corrected chi connectivity index (χ3v) is 12.1. The molecular formula is C55H39NO. The number of nitrogens with zero attached hydrogens (tertiary/aromatic N) is 1. The first-order valence-corrected chi connectivity index (χ1v) is 19.8. The largest absolute Gasteiger partial charge is 0.455 e. The van der Waals surface area contributed by atoms with E-state index in [0.717, 1.165) is 61.3 Å². The van der Waals surface area contributed by atoms with E-state index >= 15 is 0 Å². The van der Waals surface area contributed by atoms with Crippen LogP contribution in [0.4, 0.5) is 17.1 Å². The minimum Gasteiger partial charge on any atom is -0.455 e. The Bertz CT molecular complexity index is 3150. The maximum absolute atomic E-state index is 6.97. The summed E-state index contributed by atoms with van der Waals surface area (Å²) >= 11 is 0. The van der Waals surface area contributed by atoms with E-state index in [1.54, 1.807) is 0 Å². The van der Waals surface area contributed by atoms with Gasteiger partial charge in [0, 0.05) is 38.7 Å². The van der Waals surface area contributed by atoms with Gasteiger partial charge in [0.15, 0.2) is 0 Å². The van der Waals surface area contributed by atoms with Crippen LogP contribution in [-0.4, -0.2) is 0 Å². The van der Waals surface area contributed by atoms with Crippen molar-refractivity contribution in [1.29, 1.82) is 0 Å². The summed E-state index contributed by atoms with van der Waals surface area (Å²) in [5.74, 6) is 0. The highest BCUT2D eigenvalue weighted by molar-refractivity contribution is 6.21. The molecular weight excluding hydrogens is 691 g/mol. The Morgan fingerprint density at radius 3 is 1.91 bits per heavy atom. The van der Waals surface area contributed by atoms with Gasteiger partial charge in [-0.25, -0.2) is 0 Å². The Hall–Kier alpha value is -7.16. The average Bonchev–Trinajstić information content (AvgIpc) is 3.77. The highest BCUT2D eigenvalue weighted by Crippen LogP contribution is 2.53. The van der Waals surface area contributed by atoms with Gasteiger partial charge < -0.3 is 9.32 Å². The molecule has 0 spiro atoms. The van der Waals surface area contributed by atoms with Crippen LogP contribution < -0.4 is 4.90 Å². The zero-order valence-corrected chi connectivity index (χ0v) is 31.9. The molecule has 0 bridgehead atoms. The van der Waals surface area contributed by atoms with Crippen molar-refractivity contribution in [1.82, 2.24) is 0 Å². The molecule has 0 aliphatic heterocycles. The predicted octanol–water partition coefficient (Wildman–Crippen LogP) is 15.5. The van der Waals surface area contributed by atoms with Gasteiger partial charge in [0.05, 0.1) is 5.69 Å². The van der Waals surface area contributed by atoms with E-state index in [1.165, 1.54) is 44.2 Å². The van der Waals surface area contributed by atoms with Crippen LogP contribution in [0, 0.1) is 0 Å². The molecule has 57 heavy (non-hydrogen) atoms. The molecule has 1 aromatic heterocycles. The summed E-state index contributed by atoms with van der Waals surface area (Å²) in [7, 11) is 0. The summed E-state index contributed by atoms with van der Waals surface area (Å²) in [5, 5.41) is 4.66. The van der Waals surface area contributed by atoms with E-state index in [2.05, 4.69) is 219 Å². The van der Waals surface area contributed by atoms with E-state index in [0.29, 0.717) is 0 Å². The molecule has 270 valence electrons. The van der Waals surface area contributed by atoms with Gasteiger partial charge in [0.2, 0.25) is 0 Å². The molecule has 2 nitrogen and oxygen atoms in total. The molecule has 1 heterocycles. The lowest BCUT2D eigenvalue weighted by molar-refractivity contribution is 0.660. The fourth-order valence-electron chi connectivity index (χ4n) is 9.35. The molecule has 9 aromatic carbocycles. The van der Waals surface area contributed by atoms with E-state index < -0.39 is 0 Å². The van der Waals surface area contributed by atoms with Crippen LogP contribution in [0.5, 0.6) is 0 Å². The topological polar surface area (TPSA) is 16.4 Å². The van der Waals surface area contributed by atoms with Crippen molar-refractivity contribution in [2.75, 3.05) is 4.90 Å². The average molecular weight is 730 g/mol. The van der Waals surface area contributed by atoms with Gasteiger partial charge >= 0.3 is 0 Å². The first kappa shape index (κ1) is 33.2. The van der Waals surface area contributed by atoms with Gasteiger partial charge in [-0.15, -0.1) is 0 Å². The van der Waals surface area contributed by atoms with Crippen LogP contribution in [0.25, 0.3) is 77.2 Å². The number of hydrogen-bond acceptors (Lipinski definition) is 2. The molecule has 1 aliphatic rings. The number of hydrogen-bond donors (Lipinski definition) is 0. The molecule has 0 N–H and O–H groups in total. The van der Waals surface area contributed by atoms with Crippen molar-refractivity contribution in [3.63, 3.8) is 0 Å². The lowest BCUT2D eigenvalue weighted by Gasteiger charge is -2.31. The maximum Gasteiger partial charge on any atom is 0.143 e. The summed E-state index contributed by atoms with van der Waals surface area (Å²) in [5.41, 5.74) is 17.0. The van der Waals surface area contributed by atoms with Crippen molar-refractivity contribution in [2.24, 2.45) is 0 Å². The third-order valence-electron chi connectivity index (χ3n) is 12.1. The Morgan fingerprint density at radius 2 is 1.05 bits per heavy atom. The van der Waals surface area contributed by atoms with Crippen LogP contribution in [0.2, 0.25) is 0 Å². The first-order valence-electron chi connectivity index (χ1n) is 19.8. The van der Waals surface area contributed by atoms with Gasteiger partial charge in [-0.2, -0.15) is 0 Å². The lowest BCUT2D eigenvalue weighted by atomic mass is 9.82. The van der Waals surface area contributed by atoms with Gasteiger partial charge in [0.1, 0.15) is 11.2 Å². The van der Waals surface area contributed by atoms with Crippen LogP contribution in [0.15, 0.2) is 205 Å². The minimum absolute atomic E-state index is 0.156. The standard InChI is InChI=1S/C55H39NO/c1-55(2)48-28-12-11-24-44(48)45-32-31-41(35-49(45)55)56(40-22-13-21-39(34-40)36-16-5-3-6-17-36)50-29-15-25-42(37-18-7-4-8-19-37)52(50)46-26-14-27-47-53-43-23-10-9-20-38(43)30-33-51(53)57-54(46)47/h3-35H,1-2H3. The van der Waals surface area contributed by atoms with E-state index in [9.17, 15) is 0 Å². The highest BCUT2D eigenvalue weighted by atomic mass is 16.3. The van der Waals surface area contributed by atoms with Crippen molar-refractivity contribution in [2.45, 2.75) is 19.3 Å². The number of para-hydroxylation sites is 1. The SMILES string of the molecule is CC1(C)c2ccccc2-c2ccc(N(c3cccc(-c4ccccc4)c3)c3cccc(-c4ccccc4)c3-c3cccc4c3oc3ccc5ccccc5c34)cc21. The van der Waals surface area contributed by atoms with E-state index in [-0.39, 0.29) is 5.41 Å². The summed E-state index contributed by atoms with van der Waals surface area (Å²) < 4.78 is 6.97. The molecule has 2 heteroatoms. The second-order valence-corrected chi connectivity index (χ2v) is 15.7. The third kappa shape index (κ3) is 5.25. The van der Waals surface area contributed by atoms with Gasteiger partial charge in [-0.3, -0.25) is 0 Å². The van der Waals surface area contributed by atoms with Crippen molar-refractivity contribution in [3.05, 3.63) is 211 Å². The normalized spacial score (nSPS) is 12.9. The summed E-state index contributed by atoms with van der Waals surface area (Å²) in [6, 6.07) is 72.6. The number of anilines is 3. The monoisotopic (exact) mass is 729 g/mol. The van der Waals surface area contributed by atoms with Crippen LogP contribution in [0.3, 0.4) is 0 Å². The van der Waals surface area contributed by atoms with E-state index in [1.807, 2.05) is 0 Å². The summed E-state index contributed by atoms with van der Waals surface area (Å²) in [4.78, 5) is 2.46. The van der Waals surface area contributed by atoms with Crippen LogP contribution in [-0.2, 0) is 5.41 Å². The number of benzene rings is 9. The minimum atomic E-state index is -0.156. The number of rotatable bonds is 6. The molecule has 0 radical (unpaired) electrons. The quantitative estimate of drug-likeness (QED) is 0.169. The van der Waals surface area contributed by atoms with Crippen LogP contribution in [0.1, 0.15) is 25.0 Å². The Kier molecular flexibility index (Phi) is 7.55. The molecule has 11 rings (SSSR count). The zero-order valence-electron chi connectivity index (χ0n) is 31.9. The molecule has 0 fully saturated rings. The number of furan rings is 1. The maximum atomic E-state index is 6.97. The summed E-state index contributed by atoms with van der Waals surface area (Å²) in [6.45, 7) is 4.71. The molecule has 10 aromatic rings. The predicted molar refractivity (Wildman–Crippen MR) is 240 cm³/mol. The Labute approximate surface area is 332 Å². The first-order chi connectivity index (χ1) is 28.0. The van der Waals surface area contributed by atoms with Gasteiger partial charge in [-0.05, 0) is 91.7 Å². The fraction of sp³-hybridized carbons (Fsp3) is 0.0545. The smallest absolute Gasteiger partial charge is 0.143 e. The molecule has 0 saturated carbocycles. The molecule has 0 unspecified atom stereocenters.